The molecule has 1 amide bonds. The molecule has 6 nitrogen and oxygen atoms in total. The first-order valence-electron chi connectivity index (χ1n) is 9.38. The smallest absolute Gasteiger partial charge is 0.243 e. The number of hydrogen-bond acceptors (Lipinski definition) is 4. The van der Waals surface area contributed by atoms with Gasteiger partial charge in [-0.3, -0.25) is 9.10 Å². The van der Waals surface area contributed by atoms with Gasteiger partial charge in [-0.2, -0.15) is 0 Å². The summed E-state index contributed by atoms with van der Waals surface area (Å²) < 4.78 is 31.5. The Bertz CT molecular complexity index is 946. The lowest BCUT2D eigenvalue weighted by atomic mass is 10.2. The Morgan fingerprint density at radius 2 is 1.86 bits per heavy atom. The summed E-state index contributed by atoms with van der Waals surface area (Å²) in [5.41, 5.74) is 2.31. The number of hydrogen-bond donors (Lipinski definition) is 1. The minimum Gasteiger partial charge on any atom is -0.492 e. The third-order valence-electron chi connectivity index (χ3n) is 4.50. The highest BCUT2D eigenvalue weighted by molar-refractivity contribution is 7.92. The van der Waals surface area contributed by atoms with Crippen LogP contribution in [-0.4, -0.2) is 39.8 Å². The second kappa shape index (κ2) is 9.98. The zero-order valence-electron chi connectivity index (χ0n) is 17.1. The number of amides is 1. The standard InChI is InChI=1S/C21H27ClN2O4S/c1-5-17-7-10-19(11-8-17)28-13-12-23-21(25)16(3)24(29(4,26)27)20-14-18(22)9-6-15(20)2/h6-11,14,16H,5,12-13H2,1-4H3,(H,23,25)/t16-/m1/s1. The highest BCUT2D eigenvalue weighted by atomic mass is 35.5. The number of halogens is 1. The molecule has 0 aliphatic rings. The summed E-state index contributed by atoms with van der Waals surface area (Å²) in [6.45, 7) is 5.92. The summed E-state index contributed by atoms with van der Waals surface area (Å²) >= 11 is 6.04. The van der Waals surface area contributed by atoms with Crippen LogP contribution in [0.5, 0.6) is 5.75 Å². The van der Waals surface area contributed by atoms with Crippen LogP contribution < -0.4 is 14.4 Å². The van der Waals surface area contributed by atoms with Crippen molar-refractivity contribution in [2.45, 2.75) is 33.2 Å². The lowest BCUT2D eigenvalue weighted by molar-refractivity contribution is -0.121. The van der Waals surface area contributed by atoms with Gasteiger partial charge in [0.15, 0.2) is 0 Å². The van der Waals surface area contributed by atoms with Gasteiger partial charge >= 0.3 is 0 Å². The molecular weight excluding hydrogens is 412 g/mol. The first-order valence-corrected chi connectivity index (χ1v) is 11.6. The van der Waals surface area contributed by atoms with Crippen LogP contribution in [0.3, 0.4) is 0 Å². The summed E-state index contributed by atoms with van der Waals surface area (Å²) in [5.74, 6) is 0.302. The van der Waals surface area contributed by atoms with Gasteiger partial charge in [-0.05, 0) is 55.7 Å². The predicted octanol–water partition coefficient (Wildman–Crippen LogP) is 3.56. The van der Waals surface area contributed by atoms with Crippen LogP contribution in [0.1, 0.15) is 25.0 Å². The van der Waals surface area contributed by atoms with Gasteiger partial charge in [0, 0.05) is 5.02 Å². The molecule has 0 aliphatic heterocycles. The summed E-state index contributed by atoms with van der Waals surface area (Å²) in [6.07, 6.45) is 2.03. The normalized spacial score (nSPS) is 12.3. The Balaban J connectivity index is 2.01. The van der Waals surface area contributed by atoms with Crippen molar-refractivity contribution < 1.29 is 17.9 Å². The van der Waals surface area contributed by atoms with Gasteiger partial charge in [0.05, 0.1) is 18.5 Å². The topological polar surface area (TPSA) is 75.7 Å². The molecule has 2 aromatic carbocycles. The van der Waals surface area contributed by atoms with E-state index in [1.165, 1.54) is 5.56 Å². The number of rotatable bonds is 9. The van der Waals surface area contributed by atoms with Crippen molar-refractivity contribution in [2.24, 2.45) is 0 Å². The Kier molecular flexibility index (Phi) is 7.93. The molecule has 8 heteroatoms. The fourth-order valence-electron chi connectivity index (χ4n) is 2.91. The number of ether oxygens (including phenoxy) is 1. The zero-order valence-corrected chi connectivity index (χ0v) is 18.7. The molecular formula is C21H27ClN2O4S. The minimum atomic E-state index is -3.70. The van der Waals surface area contributed by atoms with Crippen molar-refractivity contribution in [1.29, 1.82) is 0 Å². The van der Waals surface area contributed by atoms with Gasteiger partial charge in [0.2, 0.25) is 15.9 Å². The Labute approximate surface area is 177 Å². The molecule has 158 valence electrons. The molecule has 2 rings (SSSR count). The van der Waals surface area contributed by atoms with Crippen LogP contribution in [-0.2, 0) is 21.2 Å². The monoisotopic (exact) mass is 438 g/mol. The van der Waals surface area contributed by atoms with E-state index in [1.54, 1.807) is 32.0 Å². The van der Waals surface area contributed by atoms with Gasteiger partial charge in [-0.25, -0.2) is 8.42 Å². The van der Waals surface area contributed by atoms with E-state index in [2.05, 4.69) is 12.2 Å². The molecule has 0 aliphatic carbocycles. The molecule has 0 fully saturated rings. The highest BCUT2D eigenvalue weighted by Crippen LogP contribution is 2.28. The van der Waals surface area contributed by atoms with E-state index in [0.717, 1.165) is 22.7 Å². The van der Waals surface area contributed by atoms with Crippen LogP contribution in [0.4, 0.5) is 5.69 Å². The molecule has 0 bridgehead atoms. The number of anilines is 1. The Hall–Kier alpha value is -2.25. The number of carbonyl (C=O) groups is 1. The van der Waals surface area contributed by atoms with Crippen molar-refractivity contribution in [3.8, 4) is 5.75 Å². The second-order valence-electron chi connectivity index (χ2n) is 6.80. The van der Waals surface area contributed by atoms with Gasteiger partial charge in [-0.15, -0.1) is 0 Å². The average Bonchev–Trinajstić information content (AvgIpc) is 2.67. The largest absolute Gasteiger partial charge is 0.492 e. The number of aryl methyl sites for hydroxylation is 2. The van der Waals surface area contributed by atoms with Gasteiger partial charge in [0.25, 0.3) is 0 Å². The molecule has 0 spiro atoms. The van der Waals surface area contributed by atoms with Crippen LogP contribution in [0.25, 0.3) is 0 Å². The van der Waals surface area contributed by atoms with Crippen molar-refractivity contribution >= 4 is 33.2 Å². The molecule has 0 aromatic heterocycles. The summed E-state index contributed by atoms with van der Waals surface area (Å²) in [6, 6.07) is 11.8. The molecule has 0 unspecified atom stereocenters. The maximum absolute atomic E-state index is 12.6. The van der Waals surface area contributed by atoms with Crippen molar-refractivity contribution in [1.82, 2.24) is 5.32 Å². The third-order valence-corrected chi connectivity index (χ3v) is 5.96. The van der Waals surface area contributed by atoms with E-state index < -0.39 is 22.0 Å². The molecule has 0 heterocycles. The molecule has 1 N–H and O–H groups in total. The minimum absolute atomic E-state index is 0.255. The van der Waals surface area contributed by atoms with E-state index in [9.17, 15) is 13.2 Å². The molecule has 0 saturated carbocycles. The molecule has 2 aromatic rings. The number of carbonyl (C=O) groups excluding carboxylic acids is 1. The number of nitrogens with zero attached hydrogens (tertiary/aromatic N) is 1. The first kappa shape index (κ1) is 23.0. The zero-order chi connectivity index (χ0) is 21.6. The summed E-state index contributed by atoms with van der Waals surface area (Å²) in [4.78, 5) is 12.6. The summed E-state index contributed by atoms with van der Waals surface area (Å²) in [7, 11) is -3.70. The number of sulfonamides is 1. The van der Waals surface area contributed by atoms with E-state index in [0.29, 0.717) is 16.3 Å². The van der Waals surface area contributed by atoms with Gasteiger partial charge in [-0.1, -0.05) is 36.7 Å². The molecule has 0 radical (unpaired) electrons. The van der Waals surface area contributed by atoms with Crippen LogP contribution in [0.15, 0.2) is 42.5 Å². The predicted molar refractivity (Wildman–Crippen MR) is 117 cm³/mol. The second-order valence-corrected chi connectivity index (χ2v) is 9.10. The fourth-order valence-corrected chi connectivity index (χ4v) is 4.30. The lowest BCUT2D eigenvalue weighted by Gasteiger charge is -2.29. The van der Waals surface area contributed by atoms with Gasteiger partial charge < -0.3 is 10.1 Å². The summed E-state index contributed by atoms with van der Waals surface area (Å²) in [5, 5.41) is 3.13. The van der Waals surface area contributed by atoms with Crippen LogP contribution in [0, 0.1) is 6.92 Å². The molecule has 29 heavy (non-hydrogen) atoms. The van der Waals surface area contributed by atoms with Crippen molar-refractivity contribution in [2.75, 3.05) is 23.7 Å². The first-order chi connectivity index (χ1) is 13.6. The average molecular weight is 439 g/mol. The maximum Gasteiger partial charge on any atom is 0.243 e. The van der Waals surface area contributed by atoms with Crippen molar-refractivity contribution in [3.63, 3.8) is 0 Å². The van der Waals surface area contributed by atoms with Gasteiger partial charge in [0.1, 0.15) is 18.4 Å². The highest BCUT2D eigenvalue weighted by Gasteiger charge is 2.30. The quantitative estimate of drug-likeness (QED) is 0.607. The lowest BCUT2D eigenvalue weighted by Crippen LogP contribution is -2.48. The SMILES string of the molecule is CCc1ccc(OCCNC(=O)[C@@H](C)N(c2cc(Cl)ccc2C)S(C)(=O)=O)cc1. The number of nitrogens with one attached hydrogen (secondary N) is 1. The van der Waals surface area contributed by atoms with E-state index in [4.69, 9.17) is 16.3 Å². The molecule has 1 atom stereocenters. The Morgan fingerprint density at radius 1 is 1.21 bits per heavy atom. The Morgan fingerprint density at radius 3 is 2.45 bits per heavy atom. The van der Waals surface area contributed by atoms with E-state index in [1.807, 2.05) is 24.3 Å². The van der Waals surface area contributed by atoms with Crippen LogP contribution >= 0.6 is 11.6 Å². The van der Waals surface area contributed by atoms with Crippen LogP contribution in [0.2, 0.25) is 5.02 Å². The van der Waals surface area contributed by atoms with E-state index in [-0.39, 0.29) is 13.2 Å². The van der Waals surface area contributed by atoms with E-state index >= 15 is 0 Å². The molecule has 0 saturated heterocycles. The fraction of sp³-hybridized carbons (Fsp3) is 0.381. The third kappa shape index (κ3) is 6.37. The number of benzene rings is 2. The van der Waals surface area contributed by atoms with Crippen molar-refractivity contribution in [3.05, 3.63) is 58.6 Å². The maximum atomic E-state index is 12.6.